The fourth-order valence-electron chi connectivity index (χ4n) is 0.932. The summed E-state index contributed by atoms with van der Waals surface area (Å²) < 4.78 is 0. The molecule has 0 aliphatic carbocycles. The number of aliphatic carboxylic acids is 1. The second-order valence-corrected chi connectivity index (χ2v) is 3.31. The predicted octanol–water partition coefficient (Wildman–Crippen LogP) is 0.0229. The zero-order chi connectivity index (χ0) is 11.4. The highest BCUT2D eigenvalue weighted by Crippen LogP contribution is 2.18. The Morgan fingerprint density at radius 2 is 2.21 bits per heavy atom. The summed E-state index contributed by atoms with van der Waals surface area (Å²) in [6.07, 6.45) is -0.0962. The maximum atomic E-state index is 10.8. The Morgan fingerprint density at radius 3 is 2.50 bits per heavy atom. The molecule has 0 amide bonds. The van der Waals surface area contributed by atoms with Crippen LogP contribution in [0.4, 0.5) is 0 Å². The van der Waals surface area contributed by atoms with Crippen LogP contribution in [0.15, 0.2) is 0 Å². The second-order valence-electron chi connectivity index (χ2n) is 3.31. The van der Waals surface area contributed by atoms with Gasteiger partial charge < -0.3 is 15.7 Å². The van der Waals surface area contributed by atoms with E-state index in [9.17, 15) is 14.9 Å². The highest BCUT2D eigenvalue weighted by atomic mass is 16.9. The summed E-state index contributed by atoms with van der Waals surface area (Å²) in [5, 5.41) is 17.7. The minimum absolute atomic E-state index is 0.0962. The van der Waals surface area contributed by atoms with Crippen LogP contribution >= 0.6 is 0 Å². The number of nitrogens with two attached hydrogens (primary N) is 1. The molecular formula is C7H14N2O5. The molecule has 1 unspecified atom stereocenters. The van der Waals surface area contributed by atoms with E-state index in [-0.39, 0.29) is 18.9 Å². The number of hydrogen-bond donors (Lipinski definition) is 2. The van der Waals surface area contributed by atoms with Crippen molar-refractivity contribution < 1.29 is 19.8 Å². The van der Waals surface area contributed by atoms with E-state index in [1.54, 1.807) is 13.8 Å². The smallest absolute Gasteiger partial charge is 0.324 e. The van der Waals surface area contributed by atoms with Gasteiger partial charge in [-0.05, 0) is 12.3 Å². The molecule has 7 nitrogen and oxygen atoms in total. The second kappa shape index (κ2) is 4.75. The molecule has 0 aliphatic rings. The van der Waals surface area contributed by atoms with Crippen molar-refractivity contribution >= 4 is 5.97 Å². The SMILES string of the molecule is CC(C)C(N)(CCO[N+](=O)[O-])C(=O)O. The average molecular weight is 206 g/mol. The van der Waals surface area contributed by atoms with Crippen molar-refractivity contribution in [2.45, 2.75) is 25.8 Å². The largest absolute Gasteiger partial charge is 0.480 e. The molecule has 0 spiro atoms. The number of carboxylic acid groups (broad SMARTS) is 1. The van der Waals surface area contributed by atoms with E-state index < -0.39 is 16.6 Å². The summed E-state index contributed by atoms with van der Waals surface area (Å²) in [4.78, 5) is 24.6. The highest BCUT2D eigenvalue weighted by molar-refractivity contribution is 5.78. The first-order chi connectivity index (χ1) is 6.30. The average Bonchev–Trinajstić information content (AvgIpc) is 2.02. The Kier molecular flexibility index (Phi) is 4.29. The summed E-state index contributed by atoms with van der Waals surface area (Å²) in [5.74, 6) is -1.50. The molecular weight excluding hydrogens is 192 g/mol. The van der Waals surface area contributed by atoms with Crippen LogP contribution in [0.2, 0.25) is 0 Å². The zero-order valence-corrected chi connectivity index (χ0v) is 8.10. The highest BCUT2D eigenvalue weighted by Gasteiger charge is 2.37. The quantitative estimate of drug-likeness (QED) is 0.467. The molecule has 0 bridgehead atoms. The molecule has 0 aliphatic heterocycles. The molecule has 3 N–H and O–H groups in total. The number of nitrogens with zero attached hydrogens (tertiary/aromatic N) is 1. The monoisotopic (exact) mass is 206 g/mol. The molecule has 1 atom stereocenters. The van der Waals surface area contributed by atoms with E-state index in [2.05, 4.69) is 4.84 Å². The van der Waals surface area contributed by atoms with E-state index in [0.29, 0.717) is 0 Å². The number of carbonyl (C=O) groups is 1. The first kappa shape index (κ1) is 12.6. The van der Waals surface area contributed by atoms with Crippen LogP contribution < -0.4 is 5.73 Å². The molecule has 0 heterocycles. The Hall–Kier alpha value is -1.37. The van der Waals surface area contributed by atoms with E-state index in [4.69, 9.17) is 10.8 Å². The lowest BCUT2D eigenvalue weighted by Crippen LogP contribution is -2.53. The maximum Gasteiger partial charge on any atom is 0.324 e. The predicted molar refractivity (Wildman–Crippen MR) is 47.0 cm³/mol. The number of hydrogen-bond acceptors (Lipinski definition) is 5. The van der Waals surface area contributed by atoms with Gasteiger partial charge in [0, 0.05) is 0 Å². The third-order valence-electron chi connectivity index (χ3n) is 2.14. The zero-order valence-electron chi connectivity index (χ0n) is 8.10. The van der Waals surface area contributed by atoms with Crippen LogP contribution in [0.25, 0.3) is 0 Å². The van der Waals surface area contributed by atoms with E-state index >= 15 is 0 Å². The third-order valence-corrected chi connectivity index (χ3v) is 2.14. The van der Waals surface area contributed by atoms with E-state index in [0.717, 1.165) is 0 Å². The van der Waals surface area contributed by atoms with Crippen LogP contribution in [0, 0.1) is 16.0 Å². The van der Waals surface area contributed by atoms with Crippen molar-refractivity contribution in [2.75, 3.05) is 6.61 Å². The minimum Gasteiger partial charge on any atom is -0.480 e. The Morgan fingerprint density at radius 1 is 1.71 bits per heavy atom. The van der Waals surface area contributed by atoms with E-state index in [1.807, 2.05) is 0 Å². The van der Waals surface area contributed by atoms with Crippen molar-refractivity contribution in [1.29, 1.82) is 0 Å². The molecule has 7 heteroatoms. The summed E-state index contributed by atoms with van der Waals surface area (Å²) >= 11 is 0. The Balaban J connectivity index is 4.25. The van der Waals surface area contributed by atoms with Crippen molar-refractivity contribution in [3.63, 3.8) is 0 Å². The first-order valence-corrected chi connectivity index (χ1v) is 4.10. The molecule has 0 saturated carbocycles. The maximum absolute atomic E-state index is 10.8. The van der Waals surface area contributed by atoms with Gasteiger partial charge in [0.15, 0.2) is 0 Å². The van der Waals surface area contributed by atoms with Gasteiger partial charge in [0.1, 0.15) is 5.54 Å². The third kappa shape index (κ3) is 3.17. The van der Waals surface area contributed by atoms with Gasteiger partial charge in [-0.3, -0.25) is 4.79 Å². The van der Waals surface area contributed by atoms with Crippen molar-refractivity contribution in [3.05, 3.63) is 10.1 Å². The van der Waals surface area contributed by atoms with Crippen LogP contribution in [-0.2, 0) is 9.63 Å². The van der Waals surface area contributed by atoms with Crippen LogP contribution in [0.1, 0.15) is 20.3 Å². The fraction of sp³-hybridized carbons (Fsp3) is 0.857. The van der Waals surface area contributed by atoms with Crippen LogP contribution in [0.3, 0.4) is 0 Å². The molecule has 0 fully saturated rings. The summed E-state index contributed by atoms with van der Waals surface area (Å²) in [6, 6.07) is 0. The number of carboxylic acids is 1. The van der Waals surface area contributed by atoms with Gasteiger partial charge in [0.25, 0.3) is 5.09 Å². The summed E-state index contributed by atoms with van der Waals surface area (Å²) in [7, 11) is 0. The normalized spacial score (nSPS) is 14.9. The number of rotatable bonds is 6. The van der Waals surface area contributed by atoms with Crippen molar-refractivity contribution in [3.8, 4) is 0 Å². The lowest BCUT2D eigenvalue weighted by atomic mass is 9.85. The van der Waals surface area contributed by atoms with Crippen LogP contribution in [-0.4, -0.2) is 28.3 Å². The standard InChI is InChI=1S/C7H14N2O5/c1-5(2)7(8,6(10)11)3-4-14-9(12)13/h5H,3-4,8H2,1-2H3,(H,10,11). The Bertz CT molecular complexity index is 230. The molecule has 0 aromatic carbocycles. The topological polar surface area (TPSA) is 116 Å². The molecule has 82 valence electrons. The van der Waals surface area contributed by atoms with Gasteiger partial charge in [0.2, 0.25) is 0 Å². The fourth-order valence-corrected chi connectivity index (χ4v) is 0.932. The summed E-state index contributed by atoms with van der Waals surface area (Å²) in [5.41, 5.74) is 4.09. The van der Waals surface area contributed by atoms with Crippen molar-refractivity contribution in [2.24, 2.45) is 11.7 Å². The van der Waals surface area contributed by atoms with Crippen LogP contribution in [0.5, 0.6) is 0 Å². The lowest BCUT2D eigenvalue weighted by Gasteiger charge is -2.28. The Labute approximate surface area is 80.9 Å². The molecule has 0 radical (unpaired) electrons. The van der Waals surface area contributed by atoms with Gasteiger partial charge >= 0.3 is 5.97 Å². The van der Waals surface area contributed by atoms with E-state index in [1.165, 1.54) is 0 Å². The van der Waals surface area contributed by atoms with Gasteiger partial charge in [-0.25, -0.2) is 0 Å². The molecule has 0 aromatic rings. The minimum atomic E-state index is -1.48. The van der Waals surface area contributed by atoms with Gasteiger partial charge in [-0.1, -0.05) is 13.8 Å². The first-order valence-electron chi connectivity index (χ1n) is 4.10. The van der Waals surface area contributed by atoms with Gasteiger partial charge in [0.05, 0.1) is 6.61 Å². The lowest BCUT2D eigenvalue weighted by molar-refractivity contribution is -0.758. The van der Waals surface area contributed by atoms with Crippen molar-refractivity contribution in [1.82, 2.24) is 0 Å². The molecule has 0 saturated heterocycles. The molecule has 0 aromatic heterocycles. The molecule has 0 rings (SSSR count). The molecule has 14 heavy (non-hydrogen) atoms. The summed E-state index contributed by atoms with van der Waals surface area (Å²) in [6.45, 7) is 2.97. The van der Waals surface area contributed by atoms with Gasteiger partial charge in [-0.15, -0.1) is 10.1 Å². The van der Waals surface area contributed by atoms with Gasteiger partial charge in [-0.2, -0.15) is 0 Å².